The van der Waals surface area contributed by atoms with Gasteiger partial charge in [0.15, 0.2) is 5.96 Å². The number of rotatable bonds is 2. The Morgan fingerprint density at radius 2 is 2.11 bits per heavy atom. The van der Waals surface area contributed by atoms with Crippen molar-refractivity contribution in [3.8, 4) is 5.75 Å². The molecule has 0 amide bonds. The summed E-state index contributed by atoms with van der Waals surface area (Å²) in [6.07, 6.45) is 1.02. The van der Waals surface area contributed by atoms with Crippen LogP contribution >= 0.6 is 0 Å². The summed E-state index contributed by atoms with van der Waals surface area (Å²) in [5.74, 6) is 1.58. The number of morpholine rings is 1. The topological polar surface area (TPSA) is 60.1 Å². The molecule has 2 heterocycles. The zero-order chi connectivity index (χ0) is 13.1. The molecule has 1 unspecified atom stereocenters. The SMILES string of the molecule is NC(=NCC1Cc2ccccc2O1)N1CCOCC1. The highest BCUT2D eigenvalue weighted by Gasteiger charge is 2.22. The molecular formula is C14H19N3O2. The van der Waals surface area contributed by atoms with Crippen molar-refractivity contribution >= 4 is 5.96 Å². The summed E-state index contributed by atoms with van der Waals surface area (Å²) in [5.41, 5.74) is 7.25. The highest BCUT2D eigenvalue weighted by molar-refractivity contribution is 5.78. The molecule has 1 aromatic rings. The lowest BCUT2D eigenvalue weighted by molar-refractivity contribution is 0.0673. The second-order valence-corrected chi connectivity index (χ2v) is 4.85. The molecule has 0 spiro atoms. The molecule has 1 fully saturated rings. The minimum absolute atomic E-state index is 0.108. The first kappa shape index (κ1) is 12.3. The Bertz CT molecular complexity index is 445. The van der Waals surface area contributed by atoms with Gasteiger partial charge in [0.2, 0.25) is 0 Å². The molecular weight excluding hydrogens is 242 g/mol. The van der Waals surface area contributed by atoms with Gasteiger partial charge in [0.25, 0.3) is 0 Å². The van der Waals surface area contributed by atoms with Crippen molar-refractivity contribution in [1.29, 1.82) is 0 Å². The van der Waals surface area contributed by atoms with E-state index in [9.17, 15) is 0 Å². The molecule has 0 radical (unpaired) electrons. The Labute approximate surface area is 113 Å². The Hall–Kier alpha value is -1.75. The first-order valence-electron chi connectivity index (χ1n) is 6.70. The normalized spacial score (nSPS) is 23.1. The van der Waals surface area contributed by atoms with Gasteiger partial charge in [-0.05, 0) is 11.6 Å². The van der Waals surface area contributed by atoms with E-state index >= 15 is 0 Å². The van der Waals surface area contributed by atoms with Crippen molar-refractivity contribution in [3.63, 3.8) is 0 Å². The van der Waals surface area contributed by atoms with Crippen molar-refractivity contribution in [2.24, 2.45) is 10.7 Å². The molecule has 2 aliphatic heterocycles. The molecule has 1 aromatic carbocycles. The second kappa shape index (κ2) is 5.48. The summed E-state index contributed by atoms with van der Waals surface area (Å²) >= 11 is 0. The quantitative estimate of drug-likeness (QED) is 0.627. The maximum absolute atomic E-state index is 6.00. The van der Waals surface area contributed by atoms with E-state index in [1.165, 1.54) is 5.56 Å². The molecule has 0 aromatic heterocycles. The van der Waals surface area contributed by atoms with E-state index < -0.39 is 0 Å². The Kier molecular flexibility index (Phi) is 3.55. The highest BCUT2D eigenvalue weighted by Crippen LogP contribution is 2.28. The van der Waals surface area contributed by atoms with Crippen LogP contribution in [0.15, 0.2) is 29.3 Å². The van der Waals surface area contributed by atoms with Crippen molar-refractivity contribution in [2.45, 2.75) is 12.5 Å². The van der Waals surface area contributed by atoms with Crippen molar-refractivity contribution < 1.29 is 9.47 Å². The van der Waals surface area contributed by atoms with Crippen molar-refractivity contribution in [1.82, 2.24) is 4.90 Å². The summed E-state index contributed by atoms with van der Waals surface area (Å²) in [7, 11) is 0. The van der Waals surface area contributed by atoms with E-state index in [0.717, 1.165) is 38.5 Å². The summed E-state index contributed by atoms with van der Waals surface area (Å²) in [5, 5.41) is 0. The number of guanidine groups is 1. The van der Waals surface area contributed by atoms with E-state index in [4.69, 9.17) is 15.2 Å². The minimum atomic E-state index is 0.108. The number of nitrogens with zero attached hydrogens (tertiary/aromatic N) is 2. The first-order chi connectivity index (χ1) is 9.33. The van der Waals surface area contributed by atoms with Crippen LogP contribution in [0.2, 0.25) is 0 Å². The summed E-state index contributed by atoms with van der Waals surface area (Å²) in [4.78, 5) is 6.51. The van der Waals surface area contributed by atoms with Gasteiger partial charge in [-0.1, -0.05) is 18.2 Å². The molecule has 5 heteroatoms. The van der Waals surface area contributed by atoms with Crippen LogP contribution in [-0.4, -0.2) is 49.8 Å². The van der Waals surface area contributed by atoms with Crippen LogP contribution in [0.4, 0.5) is 0 Å². The van der Waals surface area contributed by atoms with Crippen molar-refractivity contribution in [3.05, 3.63) is 29.8 Å². The summed E-state index contributed by atoms with van der Waals surface area (Å²) < 4.78 is 11.1. The number of nitrogens with two attached hydrogens (primary N) is 1. The lowest BCUT2D eigenvalue weighted by Gasteiger charge is -2.27. The largest absolute Gasteiger partial charge is 0.488 e. The number of para-hydroxylation sites is 1. The van der Waals surface area contributed by atoms with Crippen LogP contribution in [-0.2, 0) is 11.2 Å². The minimum Gasteiger partial charge on any atom is -0.488 e. The molecule has 0 aliphatic carbocycles. The second-order valence-electron chi connectivity index (χ2n) is 4.85. The average molecular weight is 261 g/mol. The number of benzene rings is 1. The molecule has 1 saturated heterocycles. The van der Waals surface area contributed by atoms with E-state index in [-0.39, 0.29) is 6.10 Å². The third-order valence-electron chi connectivity index (χ3n) is 3.51. The van der Waals surface area contributed by atoms with Gasteiger partial charge < -0.3 is 20.1 Å². The van der Waals surface area contributed by atoms with E-state index in [0.29, 0.717) is 12.5 Å². The fourth-order valence-electron chi connectivity index (χ4n) is 2.44. The summed E-state index contributed by atoms with van der Waals surface area (Å²) in [6, 6.07) is 8.14. The molecule has 2 aliphatic rings. The van der Waals surface area contributed by atoms with Crippen LogP contribution < -0.4 is 10.5 Å². The number of hydrogen-bond donors (Lipinski definition) is 1. The molecule has 5 nitrogen and oxygen atoms in total. The zero-order valence-corrected chi connectivity index (χ0v) is 10.9. The van der Waals surface area contributed by atoms with Gasteiger partial charge in [0.05, 0.1) is 19.8 Å². The van der Waals surface area contributed by atoms with Gasteiger partial charge in [-0.3, -0.25) is 0 Å². The van der Waals surface area contributed by atoms with Gasteiger partial charge >= 0.3 is 0 Å². The zero-order valence-electron chi connectivity index (χ0n) is 10.9. The Balaban J connectivity index is 1.55. The van der Waals surface area contributed by atoms with Crippen LogP contribution in [0.5, 0.6) is 5.75 Å². The maximum Gasteiger partial charge on any atom is 0.191 e. The number of fused-ring (bicyclic) bond motifs is 1. The molecule has 0 saturated carbocycles. The van der Waals surface area contributed by atoms with E-state index in [2.05, 4.69) is 16.0 Å². The van der Waals surface area contributed by atoms with Gasteiger partial charge in [0.1, 0.15) is 11.9 Å². The number of aliphatic imine (C=N–C) groups is 1. The van der Waals surface area contributed by atoms with Crippen LogP contribution in [0.25, 0.3) is 0 Å². The molecule has 0 bridgehead atoms. The average Bonchev–Trinajstić information content (AvgIpc) is 2.88. The van der Waals surface area contributed by atoms with Gasteiger partial charge in [-0.2, -0.15) is 0 Å². The third-order valence-corrected chi connectivity index (χ3v) is 3.51. The predicted molar refractivity (Wildman–Crippen MR) is 73.4 cm³/mol. The fraction of sp³-hybridized carbons (Fsp3) is 0.500. The lowest BCUT2D eigenvalue weighted by atomic mass is 10.1. The first-order valence-corrected chi connectivity index (χ1v) is 6.70. The smallest absolute Gasteiger partial charge is 0.191 e. The number of hydrogen-bond acceptors (Lipinski definition) is 3. The van der Waals surface area contributed by atoms with Gasteiger partial charge in [0, 0.05) is 19.5 Å². The fourth-order valence-corrected chi connectivity index (χ4v) is 2.44. The molecule has 19 heavy (non-hydrogen) atoms. The predicted octanol–water partition coefficient (Wildman–Crippen LogP) is 0.637. The van der Waals surface area contributed by atoms with Gasteiger partial charge in [-0.25, -0.2) is 4.99 Å². The van der Waals surface area contributed by atoms with E-state index in [1.54, 1.807) is 0 Å². The van der Waals surface area contributed by atoms with Crippen LogP contribution in [0.3, 0.4) is 0 Å². The van der Waals surface area contributed by atoms with E-state index in [1.807, 2.05) is 18.2 Å². The Morgan fingerprint density at radius 1 is 1.32 bits per heavy atom. The van der Waals surface area contributed by atoms with Crippen LogP contribution in [0, 0.1) is 0 Å². The van der Waals surface area contributed by atoms with Crippen molar-refractivity contribution in [2.75, 3.05) is 32.8 Å². The number of ether oxygens (including phenoxy) is 2. The molecule has 102 valence electrons. The highest BCUT2D eigenvalue weighted by atomic mass is 16.5. The monoisotopic (exact) mass is 261 g/mol. The van der Waals surface area contributed by atoms with Crippen LogP contribution in [0.1, 0.15) is 5.56 Å². The molecule has 1 atom stereocenters. The third kappa shape index (κ3) is 2.81. The van der Waals surface area contributed by atoms with Gasteiger partial charge in [-0.15, -0.1) is 0 Å². The Morgan fingerprint density at radius 3 is 2.89 bits per heavy atom. The summed E-state index contributed by atoms with van der Waals surface area (Å²) in [6.45, 7) is 3.70. The standard InChI is InChI=1S/C14H19N3O2/c15-14(17-5-7-18-8-6-17)16-10-12-9-11-3-1-2-4-13(11)19-12/h1-4,12H,5-10H2,(H2,15,16). The molecule has 2 N–H and O–H groups in total. The molecule has 3 rings (SSSR count). The maximum atomic E-state index is 6.00. The lowest BCUT2D eigenvalue weighted by Crippen LogP contribution is -2.45.